The Morgan fingerprint density at radius 3 is 2.59 bits per heavy atom. The molecule has 2 fully saturated rings. The van der Waals surface area contributed by atoms with Crippen LogP contribution in [0.25, 0.3) is 5.57 Å². The van der Waals surface area contributed by atoms with E-state index in [9.17, 15) is 20.4 Å². The highest BCUT2D eigenvalue weighted by Crippen LogP contribution is 2.46. The Bertz CT molecular complexity index is 1350. The third-order valence-electron chi connectivity index (χ3n) is 7.18. The summed E-state index contributed by atoms with van der Waals surface area (Å²) < 4.78 is 0. The summed E-state index contributed by atoms with van der Waals surface area (Å²) in [5.74, 6) is -0.297. The van der Waals surface area contributed by atoms with Crippen molar-refractivity contribution in [3.63, 3.8) is 0 Å². The van der Waals surface area contributed by atoms with Gasteiger partial charge in [0.15, 0.2) is 0 Å². The lowest BCUT2D eigenvalue weighted by Crippen LogP contribution is -2.63. The van der Waals surface area contributed by atoms with E-state index in [1.54, 1.807) is 31.3 Å². The minimum Gasteiger partial charge on any atom is -0.404 e. The van der Waals surface area contributed by atoms with Gasteiger partial charge in [-0.1, -0.05) is 13.0 Å². The van der Waals surface area contributed by atoms with Gasteiger partial charge < -0.3 is 16.2 Å². The number of aryl methyl sites for hydroxylation is 1. The maximum atomic E-state index is 13.0. The normalized spacial score (nSPS) is 19.2. The fourth-order valence-corrected chi connectivity index (χ4v) is 4.91. The molecule has 190 valence electrons. The minimum atomic E-state index is -0.729. The van der Waals surface area contributed by atoms with E-state index < -0.39 is 11.0 Å². The van der Waals surface area contributed by atoms with Crippen molar-refractivity contribution in [1.29, 1.82) is 10.5 Å². The van der Waals surface area contributed by atoms with Crippen molar-refractivity contribution in [3.8, 4) is 12.1 Å². The van der Waals surface area contributed by atoms with Crippen LogP contribution < -0.4 is 11.1 Å². The number of nitrogens with zero attached hydrogens (tertiary/aromatic N) is 4. The number of hydrogen-bond donors (Lipinski definition) is 3. The molecule has 0 bridgehead atoms. The molecule has 1 aromatic carbocycles. The van der Waals surface area contributed by atoms with Gasteiger partial charge in [-0.25, -0.2) is 0 Å². The number of pyridine rings is 1. The summed E-state index contributed by atoms with van der Waals surface area (Å²) in [4.78, 5) is 19.4. The van der Waals surface area contributed by atoms with E-state index in [0.29, 0.717) is 41.2 Å². The topological polar surface area (TPSA) is 139 Å². The summed E-state index contributed by atoms with van der Waals surface area (Å²) in [6.45, 7) is 6.78. The number of benzene rings is 1. The van der Waals surface area contributed by atoms with Gasteiger partial charge in [0.2, 0.25) is 0 Å². The first kappa shape index (κ1) is 26.1. The molecule has 8 nitrogen and oxygen atoms in total. The molecule has 1 saturated carbocycles. The maximum Gasteiger partial charge on any atom is 0.255 e. The number of rotatable bonds is 8. The summed E-state index contributed by atoms with van der Waals surface area (Å²) in [6, 6.07) is 13.4. The molecule has 1 aliphatic heterocycles. The molecule has 4 rings (SSSR count). The summed E-state index contributed by atoms with van der Waals surface area (Å²) in [7, 11) is 0. The summed E-state index contributed by atoms with van der Waals surface area (Å²) in [5.41, 5.74) is 9.35. The lowest BCUT2D eigenvalue weighted by molar-refractivity contribution is -0.0959. The summed E-state index contributed by atoms with van der Waals surface area (Å²) >= 11 is 0. The monoisotopic (exact) mass is 496 g/mol. The zero-order valence-electron chi connectivity index (χ0n) is 21.5. The molecule has 2 aromatic rings. The van der Waals surface area contributed by atoms with Crippen molar-refractivity contribution in [3.05, 3.63) is 76.8 Å². The molecule has 4 N–H and O–H groups in total. The number of β-amino-alcohol motifs (C(OH)–C–C–N with tert-alkyl or cyclic N) is 1. The Morgan fingerprint density at radius 1 is 1.30 bits per heavy atom. The second kappa shape index (κ2) is 10.2. The molecule has 2 aliphatic rings. The highest BCUT2D eigenvalue weighted by molar-refractivity contribution is 6.04. The second-order valence-electron chi connectivity index (χ2n) is 10.3. The number of likely N-dealkylation sites (tertiary alicyclic amines) is 1. The number of amides is 1. The summed E-state index contributed by atoms with van der Waals surface area (Å²) in [6.07, 6.45) is 7.06. The van der Waals surface area contributed by atoms with Crippen LogP contribution in [-0.4, -0.2) is 45.6 Å². The number of nitrogens with one attached hydrogen (secondary N) is 1. The first-order chi connectivity index (χ1) is 17.6. The number of allylic oxidation sites excluding steroid dienone is 2. The predicted octanol–water partition coefficient (Wildman–Crippen LogP) is 3.79. The molecule has 1 atom stereocenters. The lowest BCUT2D eigenvalue weighted by Gasteiger charge is -2.48. The fraction of sp³-hybridized carbons (Fsp3) is 0.379. The first-order valence-corrected chi connectivity index (χ1v) is 12.5. The zero-order chi connectivity index (χ0) is 26.8. The molecule has 1 aromatic heterocycles. The number of anilines is 1. The van der Waals surface area contributed by atoms with E-state index in [4.69, 9.17) is 5.73 Å². The molecule has 1 saturated heterocycles. The Morgan fingerprint density at radius 2 is 2.03 bits per heavy atom. The SMILES string of the molecule is CCC(/C(C#N)=C\C(=C/N)c1cc(NC(=O)c2ccnc(C3(C#N)CC3)c2)ccc1C)N1CC(C)(O)C1. The Hall–Kier alpha value is -3.98. The van der Waals surface area contributed by atoms with Gasteiger partial charge in [0, 0.05) is 48.4 Å². The number of nitriles is 2. The zero-order valence-corrected chi connectivity index (χ0v) is 21.5. The van der Waals surface area contributed by atoms with E-state index in [0.717, 1.165) is 30.4 Å². The van der Waals surface area contributed by atoms with Crippen molar-refractivity contribution in [2.45, 2.75) is 57.1 Å². The molecule has 2 heterocycles. The quantitative estimate of drug-likeness (QED) is 0.373. The van der Waals surface area contributed by atoms with E-state index >= 15 is 0 Å². The van der Waals surface area contributed by atoms with Gasteiger partial charge in [-0.05, 0) is 80.2 Å². The van der Waals surface area contributed by atoms with Gasteiger partial charge >= 0.3 is 0 Å². The van der Waals surface area contributed by atoms with Crippen molar-refractivity contribution in [2.24, 2.45) is 5.73 Å². The number of carbonyl (C=O) groups is 1. The van der Waals surface area contributed by atoms with Crippen molar-refractivity contribution in [2.75, 3.05) is 18.4 Å². The smallest absolute Gasteiger partial charge is 0.255 e. The number of aliphatic hydroxyl groups is 1. The van der Waals surface area contributed by atoms with Gasteiger partial charge in [0.05, 0.1) is 28.8 Å². The van der Waals surface area contributed by atoms with Crippen molar-refractivity contribution in [1.82, 2.24) is 9.88 Å². The molecule has 1 amide bonds. The molecule has 0 spiro atoms. The third-order valence-corrected chi connectivity index (χ3v) is 7.18. The van der Waals surface area contributed by atoms with Gasteiger partial charge in [-0.15, -0.1) is 0 Å². The van der Waals surface area contributed by atoms with Crippen LogP contribution in [0, 0.1) is 29.6 Å². The van der Waals surface area contributed by atoms with E-state index in [1.165, 1.54) is 6.20 Å². The Kier molecular flexibility index (Phi) is 7.18. The highest BCUT2D eigenvalue weighted by Gasteiger charge is 2.46. The lowest BCUT2D eigenvalue weighted by atomic mass is 9.89. The van der Waals surface area contributed by atoms with E-state index in [-0.39, 0.29) is 11.9 Å². The number of aromatic nitrogens is 1. The van der Waals surface area contributed by atoms with Crippen LogP contribution in [0.5, 0.6) is 0 Å². The standard InChI is InChI=1S/C29H32N6O2/c1-4-25(35-17-28(3,37)18-35)22(15-31)11-21(14-30)24-13-23(6-5-19(24)2)34-27(36)20-7-10-33-26(12-20)29(16-32)8-9-29/h5-7,10-14,25,37H,4,8-9,17-18,30H2,1-3H3,(H,34,36)/b21-14+,22-11-. The predicted molar refractivity (Wildman–Crippen MR) is 142 cm³/mol. The van der Waals surface area contributed by atoms with E-state index in [1.807, 2.05) is 32.0 Å². The Labute approximate surface area is 217 Å². The number of hydrogen-bond acceptors (Lipinski definition) is 7. The second-order valence-corrected chi connectivity index (χ2v) is 10.3. The molecule has 0 radical (unpaired) electrons. The minimum absolute atomic E-state index is 0.118. The number of carbonyl (C=O) groups excluding carboxylic acids is 1. The molecular weight excluding hydrogens is 464 g/mol. The fourth-order valence-electron chi connectivity index (χ4n) is 4.91. The van der Waals surface area contributed by atoms with Crippen molar-refractivity contribution < 1.29 is 9.90 Å². The molecule has 37 heavy (non-hydrogen) atoms. The van der Waals surface area contributed by atoms with Crippen LogP contribution in [0.15, 0.2) is 54.4 Å². The average molecular weight is 497 g/mol. The van der Waals surface area contributed by atoms with Crippen LogP contribution in [0.4, 0.5) is 5.69 Å². The van der Waals surface area contributed by atoms with Crippen LogP contribution in [0.3, 0.4) is 0 Å². The molecule has 1 unspecified atom stereocenters. The van der Waals surface area contributed by atoms with Crippen LogP contribution in [0.2, 0.25) is 0 Å². The third kappa shape index (κ3) is 5.41. The van der Waals surface area contributed by atoms with Crippen molar-refractivity contribution >= 4 is 17.2 Å². The Balaban J connectivity index is 1.57. The van der Waals surface area contributed by atoms with Crippen LogP contribution >= 0.6 is 0 Å². The molecular formula is C29H32N6O2. The first-order valence-electron chi connectivity index (χ1n) is 12.5. The maximum absolute atomic E-state index is 13.0. The van der Waals surface area contributed by atoms with Gasteiger partial charge in [0.1, 0.15) is 0 Å². The number of nitrogens with two attached hydrogens (primary N) is 1. The van der Waals surface area contributed by atoms with E-state index in [2.05, 4.69) is 27.3 Å². The van der Waals surface area contributed by atoms with Crippen LogP contribution in [0.1, 0.15) is 60.3 Å². The largest absolute Gasteiger partial charge is 0.404 e. The summed E-state index contributed by atoms with van der Waals surface area (Å²) in [5, 5.41) is 32.5. The van der Waals surface area contributed by atoms with Gasteiger partial charge in [-0.3, -0.25) is 14.7 Å². The molecule has 1 aliphatic carbocycles. The average Bonchev–Trinajstić information content (AvgIpc) is 3.68. The molecule has 8 heteroatoms. The van der Waals surface area contributed by atoms with Crippen LogP contribution in [-0.2, 0) is 5.41 Å². The van der Waals surface area contributed by atoms with Gasteiger partial charge in [0.25, 0.3) is 5.91 Å². The highest BCUT2D eigenvalue weighted by atomic mass is 16.3. The van der Waals surface area contributed by atoms with Gasteiger partial charge in [-0.2, -0.15) is 10.5 Å².